The normalized spacial score (nSPS) is 15.7. The van der Waals surface area contributed by atoms with E-state index in [9.17, 15) is 13.2 Å². The van der Waals surface area contributed by atoms with Crippen LogP contribution in [0.3, 0.4) is 0 Å². The summed E-state index contributed by atoms with van der Waals surface area (Å²) in [6.45, 7) is 4.51. The molecule has 29 heavy (non-hydrogen) atoms. The lowest BCUT2D eigenvalue weighted by Gasteiger charge is -2.20. The van der Waals surface area contributed by atoms with Gasteiger partial charge in [0.05, 0.1) is 17.7 Å². The van der Waals surface area contributed by atoms with Crippen LogP contribution in [0.15, 0.2) is 23.1 Å². The molecule has 1 aromatic carbocycles. The Kier molecular flexibility index (Phi) is 6.28. The number of carbonyl (C=O) groups is 1. The van der Waals surface area contributed by atoms with Gasteiger partial charge in [-0.25, -0.2) is 13.2 Å². The van der Waals surface area contributed by atoms with E-state index in [2.05, 4.69) is 5.10 Å². The molecule has 0 saturated carbocycles. The maximum absolute atomic E-state index is 13.1. The van der Waals surface area contributed by atoms with Gasteiger partial charge in [0.2, 0.25) is 10.0 Å². The molecule has 3 rings (SSSR count). The van der Waals surface area contributed by atoms with Gasteiger partial charge in [0.15, 0.2) is 5.75 Å². The van der Waals surface area contributed by atoms with Crippen molar-refractivity contribution in [2.75, 3.05) is 20.2 Å². The van der Waals surface area contributed by atoms with Crippen LogP contribution in [0, 0.1) is 13.8 Å². The van der Waals surface area contributed by atoms with Crippen LogP contribution in [0.4, 0.5) is 0 Å². The minimum atomic E-state index is -3.70. The summed E-state index contributed by atoms with van der Waals surface area (Å²) < 4.78 is 40.1. The molecule has 0 bridgehead atoms. The maximum Gasteiger partial charge on any atom is 0.347 e. The van der Waals surface area contributed by atoms with Crippen LogP contribution in [0.5, 0.6) is 11.5 Å². The second-order valence-electron chi connectivity index (χ2n) is 7.19. The van der Waals surface area contributed by atoms with Gasteiger partial charge in [0.25, 0.3) is 0 Å². The predicted molar refractivity (Wildman–Crippen MR) is 108 cm³/mol. The first-order valence-corrected chi connectivity index (χ1v) is 11.1. The zero-order valence-electron chi connectivity index (χ0n) is 17.3. The third-order valence-corrected chi connectivity index (χ3v) is 7.13. The molecule has 2 aromatic rings. The van der Waals surface area contributed by atoms with E-state index in [4.69, 9.17) is 9.47 Å². The van der Waals surface area contributed by atoms with E-state index in [0.29, 0.717) is 30.2 Å². The molecule has 1 aliphatic heterocycles. The number of aromatic nitrogens is 2. The Morgan fingerprint density at radius 1 is 1.10 bits per heavy atom. The van der Waals surface area contributed by atoms with Gasteiger partial charge in [0.1, 0.15) is 17.0 Å². The lowest BCUT2D eigenvalue weighted by Crippen LogP contribution is -2.32. The zero-order valence-corrected chi connectivity index (χ0v) is 18.1. The Morgan fingerprint density at radius 2 is 1.76 bits per heavy atom. The molecular weight excluding hydrogens is 394 g/mol. The van der Waals surface area contributed by atoms with E-state index in [0.717, 1.165) is 25.7 Å². The van der Waals surface area contributed by atoms with Crippen molar-refractivity contribution in [3.8, 4) is 11.5 Å². The summed E-state index contributed by atoms with van der Waals surface area (Å²) in [7, 11) is -0.513. The quantitative estimate of drug-likeness (QED) is 0.690. The number of ether oxygens (including phenoxy) is 2. The Balaban J connectivity index is 1.95. The van der Waals surface area contributed by atoms with Gasteiger partial charge in [-0.15, -0.1) is 0 Å². The van der Waals surface area contributed by atoms with Gasteiger partial charge < -0.3 is 9.47 Å². The molecule has 9 heteroatoms. The number of hydrogen-bond acceptors (Lipinski definition) is 6. The number of nitrogens with zero attached hydrogens (tertiary/aromatic N) is 3. The summed E-state index contributed by atoms with van der Waals surface area (Å²) >= 11 is 0. The molecule has 0 unspecified atom stereocenters. The highest BCUT2D eigenvalue weighted by molar-refractivity contribution is 7.89. The van der Waals surface area contributed by atoms with Crippen LogP contribution in [0.1, 0.15) is 47.4 Å². The van der Waals surface area contributed by atoms with Crippen molar-refractivity contribution in [3.63, 3.8) is 0 Å². The van der Waals surface area contributed by atoms with Crippen LogP contribution in [0.2, 0.25) is 0 Å². The van der Waals surface area contributed by atoms with Gasteiger partial charge in [0, 0.05) is 20.1 Å². The number of esters is 1. The Morgan fingerprint density at radius 3 is 2.31 bits per heavy atom. The van der Waals surface area contributed by atoms with Gasteiger partial charge in [-0.1, -0.05) is 12.8 Å². The highest BCUT2D eigenvalue weighted by atomic mass is 32.2. The third kappa shape index (κ3) is 4.30. The van der Waals surface area contributed by atoms with Crippen molar-refractivity contribution in [2.24, 2.45) is 7.05 Å². The molecule has 1 aliphatic rings. The Bertz CT molecular complexity index is 1010. The van der Waals surface area contributed by atoms with Crippen molar-refractivity contribution in [2.45, 2.75) is 44.4 Å². The van der Waals surface area contributed by atoms with Crippen LogP contribution < -0.4 is 9.47 Å². The van der Waals surface area contributed by atoms with Gasteiger partial charge in [-0.2, -0.15) is 9.40 Å². The maximum atomic E-state index is 13.1. The predicted octanol–water partition coefficient (Wildman–Crippen LogP) is 2.83. The van der Waals surface area contributed by atoms with Crippen LogP contribution in [-0.4, -0.2) is 48.7 Å². The van der Waals surface area contributed by atoms with Crippen LogP contribution in [-0.2, 0) is 17.1 Å². The number of methoxy groups -OCH3 is 1. The monoisotopic (exact) mass is 421 g/mol. The zero-order chi connectivity index (χ0) is 21.2. The minimum Gasteiger partial charge on any atom is -0.496 e. The summed E-state index contributed by atoms with van der Waals surface area (Å²) in [4.78, 5) is 12.9. The topological polar surface area (TPSA) is 90.7 Å². The third-order valence-electron chi connectivity index (χ3n) is 5.23. The standard InChI is InChI=1S/C20H27N3O5S/c1-14-19(15(2)22(3)21-14)28-20(24)17-13-16(9-10-18(17)27-4)29(25,26)23-11-7-5-6-8-12-23/h9-10,13H,5-8,11-12H2,1-4H3. The molecule has 2 heterocycles. The fraction of sp³-hybridized carbons (Fsp3) is 0.500. The number of carbonyl (C=O) groups excluding carboxylic acids is 1. The molecule has 8 nitrogen and oxygen atoms in total. The number of rotatable bonds is 5. The smallest absolute Gasteiger partial charge is 0.347 e. The van der Waals surface area contributed by atoms with E-state index in [1.54, 1.807) is 25.6 Å². The largest absolute Gasteiger partial charge is 0.496 e. The van der Waals surface area contributed by atoms with Gasteiger partial charge in [-0.3, -0.25) is 4.68 Å². The minimum absolute atomic E-state index is 0.0612. The molecule has 0 amide bonds. The molecule has 0 radical (unpaired) electrons. The van der Waals surface area contributed by atoms with Crippen molar-refractivity contribution in [3.05, 3.63) is 35.2 Å². The summed E-state index contributed by atoms with van der Waals surface area (Å²) in [5, 5.41) is 4.23. The van der Waals surface area contributed by atoms with Crippen molar-refractivity contribution in [1.29, 1.82) is 0 Å². The molecule has 1 aromatic heterocycles. The second-order valence-corrected chi connectivity index (χ2v) is 9.13. The first kappa shape index (κ1) is 21.3. The van der Waals surface area contributed by atoms with Crippen molar-refractivity contribution >= 4 is 16.0 Å². The summed E-state index contributed by atoms with van der Waals surface area (Å²) in [6.07, 6.45) is 3.72. The number of aryl methyl sites for hydroxylation is 2. The van der Waals surface area contributed by atoms with Crippen LogP contribution >= 0.6 is 0 Å². The molecular formula is C20H27N3O5S. The molecule has 0 N–H and O–H groups in total. The number of hydrogen-bond donors (Lipinski definition) is 0. The Labute approximate surface area is 171 Å². The van der Waals surface area contributed by atoms with E-state index in [1.165, 1.54) is 29.6 Å². The van der Waals surface area contributed by atoms with Crippen molar-refractivity contribution < 1.29 is 22.7 Å². The average Bonchev–Trinajstić information content (AvgIpc) is 2.92. The molecule has 1 saturated heterocycles. The number of sulfonamides is 1. The lowest BCUT2D eigenvalue weighted by atomic mass is 10.2. The SMILES string of the molecule is COc1ccc(S(=O)(=O)N2CCCCCC2)cc1C(=O)Oc1c(C)nn(C)c1C. The van der Waals surface area contributed by atoms with E-state index in [1.807, 2.05) is 0 Å². The van der Waals surface area contributed by atoms with E-state index < -0.39 is 16.0 Å². The first-order valence-electron chi connectivity index (χ1n) is 9.66. The molecule has 158 valence electrons. The molecule has 0 spiro atoms. The number of benzene rings is 1. The molecule has 0 atom stereocenters. The second kappa shape index (κ2) is 8.54. The highest BCUT2D eigenvalue weighted by Gasteiger charge is 2.28. The van der Waals surface area contributed by atoms with E-state index >= 15 is 0 Å². The fourth-order valence-corrected chi connectivity index (χ4v) is 5.03. The Hall–Kier alpha value is -2.39. The highest BCUT2D eigenvalue weighted by Crippen LogP contribution is 2.29. The lowest BCUT2D eigenvalue weighted by molar-refractivity contribution is 0.0728. The van der Waals surface area contributed by atoms with Crippen molar-refractivity contribution in [1.82, 2.24) is 14.1 Å². The molecule has 1 fully saturated rings. The van der Waals surface area contributed by atoms with E-state index in [-0.39, 0.29) is 16.2 Å². The van der Waals surface area contributed by atoms with Gasteiger partial charge in [-0.05, 0) is 44.9 Å². The first-order chi connectivity index (χ1) is 13.8. The molecule has 0 aliphatic carbocycles. The van der Waals surface area contributed by atoms with Gasteiger partial charge >= 0.3 is 5.97 Å². The summed E-state index contributed by atoms with van der Waals surface area (Å²) in [6, 6.07) is 4.29. The van der Waals surface area contributed by atoms with Crippen LogP contribution in [0.25, 0.3) is 0 Å². The average molecular weight is 422 g/mol. The summed E-state index contributed by atoms with van der Waals surface area (Å²) in [5.74, 6) is -0.0710. The summed E-state index contributed by atoms with van der Waals surface area (Å²) in [5.41, 5.74) is 1.33. The fourth-order valence-electron chi connectivity index (χ4n) is 3.49.